The van der Waals surface area contributed by atoms with Crippen molar-refractivity contribution in [2.45, 2.75) is 19.9 Å². The van der Waals surface area contributed by atoms with Gasteiger partial charge >= 0.3 is 0 Å². The van der Waals surface area contributed by atoms with Crippen molar-refractivity contribution in [3.8, 4) is 28.1 Å². The van der Waals surface area contributed by atoms with Gasteiger partial charge in [0.05, 0.1) is 11.3 Å². The van der Waals surface area contributed by atoms with E-state index in [1.807, 2.05) is 50.2 Å². The summed E-state index contributed by atoms with van der Waals surface area (Å²) in [4.78, 5) is 16.2. The Morgan fingerprint density at radius 1 is 1.11 bits per heavy atom. The fourth-order valence-electron chi connectivity index (χ4n) is 2.79. The molecule has 0 spiro atoms. The molecule has 0 bridgehead atoms. The van der Waals surface area contributed by atoms with E-state index in [-0.39, 0.29) is 17.4 Å². The van der Waals surface area contributed by atoms with Gasteiger partial charge in [0.25, 0.3) is 5.91 Å². The summed E-state index contributed by atoms with van der Waals surface area (Å²) in [5, 5.41) is 13.8. The van der Waals surface area contributed by atoms with Crippen LogP contribution in [-0.4, -0.2) is 22.0 Å². The third-order valence-corrected chi connectivity index (χ3v) is 4.33. The summed E-state index contributed by atoms with van der Waals surface area (Å²) in [6.07, 6.45) is 0. The lowest BCUT2D eigenvalue weighted by atomic mass is 10.0. The molecular weight excluding hydrogens is 362 g/mol. The van der Waals surface area contributed by atoms with Gasteiger partial charge in [-0.3, -0.25) is 4.79 Å². The first kappa shape index (κ1) is 18.7. The molecule has 0 unspecified atom stereocenters. The van der Waals surface area contributed by atoms with E-state index in [9.17, 15) is 9.90 Å². The number of anilines is 1. The number of benzene rings is 2. The van der Waals surface area contributed by atoms with Crippen LogP contribution in [0.25, 0.3) is 22.4 Å². The summed E-state index contributed by atoms with van der Waals surface area (Å²) in [5.41, 5.74) is 8.48. The fourth-order valence-corrected chi connectivity index (χ4v) is 3.04. The molecule has 0 aliphatic heterocycles. The Hall–Kier alpha value is -3.05. The lowest BCUT2D eigenvalue weighted by molar-refractivity contribution is 0.0998. The van der Waals surface area contributed by atoms with Gasteiger partial charge in [-0.1, -0.05) is 29.8 Å². The highest BCUT2D eigenvalue weighted by atomic mass is 35.5. The van der Waals surface area contributed by atoms with Gasteiger partial charge in [0.2, 0.25) is 0 Å². The number of aromatic nitrogens is 1. The maximum absolute atomic E-state index is 11.6. The number of pyridine rings is 1. The Morgan fingerprint density at radius 2 is 1.85 bits per heavy atom. The highest BCUT2D eigenvalue weighted by molar-refractivity contribution is 6.33. The summed E-state index contributed by atoms with van der Waals surface area (Å²) in [6.45, 7) is 4.05. The molecular formula is C21H20ClN3O2. The number of halogens is 1. The SMILES string of the molecule is CC(C)Nc1cc(-c2ccccc2Cl)cc(-c2ccc(O)c(C(N)=O)c2)n1. The van der Waals surface area contributed by atoms with Gasteiger partial charge in [-0.2, -0.15) is 0 Å². The van der Waals surface area contributed by atoms with Crippen molar-refractivity contribution in [1.29, 1.82) is 0 Å². The van der Waals surface area contributed by atoms with Crippen molar-refractivity contribution in [3.05, 3.63) is 65.2 Å². The normalized spacial score (nSPS) is 10.8. The van der Waals surface area contributed by atoms with Crippen LogP contribution in [0.5, 0.6) is 5.75 Å². The van der Waals surface area contributed by atoms with Gasteiger partial charge in [0, 0.05) is 22.2 Å². The summed E-state index contributed by atoms with van der Waals surface area (Å²) in [7, 11) is 0. The zero-order chi connectivity index (χ0) is 19.6. The number of amides is 1. The van der Waals surface area contributed by atoms with Crippen LogP contribution < -0.4 is 11.1 Å². The Morgan fingerprint density at radius 3 is 2.52 bits per heavy atom. The lowest BCUT2D eigenvalue weighted by Crippen LogP contribution is -2.12. The van der Waals surface area contributed by atoms with E-state index in [1.54, 1.807) is 6.07 Å². The van der Waals surface area contributed by atoms with Crippen LogP contribution in [0.15, 0.2) is 54.6 Å². The maximum atomic E-state index is 11.6. The predicted molar refractivity (Wildman–Crippen MR) is 109 cm³/mol. The number of nitrogens with zero attached hydrogens (tertiary/aromatic N) is 1. The topological polar surface area (TPSA) is 88.2 Å². The minimum atomic E-state index is -0.697. The molecule has 6 heteroatoms. The quantitative estimate of drug-likeness (QED) is 0.598. The third kappa shape index (κ3) is 4.20. The molecule has 4 N–H and O–H groups in total. The Labute approximate surface area is 162 Å². The highest BCUT2D eigenvalue weighted by Gasteiger charge is 2.13. The van der Waals surface area contributed by atoms with E-state index < -0.39 is 5.91 Å². The first-order valence-electron chi connectivity index (χ1n) is 8.52. The molecule has 0 fully saturated rings. The molecule has 1 amide bonds. The van der Waals surface area contributed by atoms with Crippen LogP contribution in [-0.2, 0) is 0 Å². The maximum Gasteiger partial charge on any atom is 0.252 e. The first-order valence-corrected chi connectivity index (χ1v) is 8.89. The van der Waals surface area contributed by atoms with Crippen molar-refractivity contribution in [2.24, 2.45) is 5.73 Å². The van der Waals surface area contributed by atoms with Gasteiger partial charge < -0.3 is 16.2 Å². The van der Waals surface area contributed by atoms with Crippen LogP contribution in [0.3, 0.4) is 0 Å². The highest BCUT2D eigenvalue weighted by Crippen LogP contribution is 2.33. The van der Waals surface area contributed by atoms with Gasteiger partial charge in [0.1, 0.15) is 11.6 Å². The van der Waals surface area contributed by atoms with Crippen LogP contribution in [0, 0.1) is 0 Å². The summed E-state index contributed by atoms with van der Waals surface area (Å²) < 4.78 is 0. The van der Waals surface area contributed by atoms with E-state index in [1.165, 1.54) is 12.1 Å². The standard InChI is InChI=1S/C21H20ClN3O2/c1-12(2)24-20-11-14(15-5-3-4-6-17(15)22)10-18(25-20)13-7-8-19(26)16(9-13)21(23)27/h3-12,26H,1-2H3,(H2,23,27)(H,24,25). The van der Waals surface area contributed by atoms with E-state index in [4.69, 9.17) is 17.3 Å². The van der Waals surface area contributed by atoms with Gasteiger partial charge in [-0.25, -0.2) is 4.98 Å². The molecule has 0 aliphatic carbocycles. The number of nitrogens with two attached hydrogens (primary N) is 1. The molecule has 0 atom stereocenters. The van der Waals surface area contributed by atoms with Crippen LogP contribution in [0.2, 0.25) is 5.02 Å². The number of phenols is 1. The molecule has 1 aromatic heterocycles. The Bertz CT molecular complexity index is 1000. The van der Waals surface area contributed by atoms with Gasteiger partial charge in [-0.05, 0) is 55.8 Å². The van der Waals surface area contributed by atoms with Crippen LogP contribution in [0.4, 0.5) is 5.82 Å². The number of nitrogens with one attached hydrogen (secondary N) is 1. The van der Waals surface area contributed by atoms with E-state index in [0.717, 1.165) is 11.1 Å². The van der Waals surface area contributed by atoms with Crippen molar-refractivity contribution in [3.63, 3.8) is 0 Å². The number of carbonyl (C=O) groups excluding carboxylic acids is 1. The largest absolute Gasteiger partial charge is 0.507 e. The zero-order valence-corrected chi connectivity index (χ0v) is 15.8. The Balaban J connectivity index is 2.18. The molecule has 0 aliphatic rings. The number of hydrogen-bond acceptors (Lipinski definition) is 4. The smallest absolute Gasteiger partial charge is 0.252 e. The first-order chi connectivity index (χ1) is 12.8. The van der Waals surface area contributed by atoms with E-state index in [0.29, 0.717) is 22.1 Å². The van der Waals surface area contributed by atoms with Gasteiger partial charge in [0.15, 0.2) is 0 Å². The number of hydrogen-bond donors (Lipinski definition) is 3. The monoisotopic (exact) mass is 381 g/mol. The molecule has 0 saturated carbocycles. The number of rotatable bonds is 5. The van der Waals surface area contributed by atoms with Crippen LogP contribution in [0.1, 0.15) is 24.2 Å². The minimum absolute atomic E-state index is 0.0517. The van der Waals surface area contributed by atoms with Crippen molar-refractivity contribution < 1.29 is 9.90 Å². The second kappa shape index (κ2) is 7.68. The zero-order valence-electron chi connectivity index (χ0n) is 15.0. The van der Waals surface area contributed by atoms with Crippen molar-refractivity contribution in [2.75, 3.05) is 5.32 Å². The minimum Gasteiger partial charge on any atom is -0.507 e. The second-order valence-electron chi connectivity index (χ2n) is 6.50. The average molecular weight is 382 g/mol. The number of carbonyl (C=O) groups is 1. The molecule has 1 heterocycles. The molecule has 0 saturated heterocycles. The van der Waals surface area contributed by atoms with Crippen molar-refractivity contribution >= 4 is 23.3 Å². The number of aromatic hydroxyl groups is 1. The summed E-state index contributed by atoms with van der Waals surface area (Å²) >= 11 is 6.37. The average Bonchev–Trinajstić information content (AvgIpc) is 2.61. The summed E-state index contributed by atoms with van der Waals surface area (Å²) in [6, 6.07) is 16.2. The van der Waals surface area contributed by atoms with E-state index >= 15 is 0 Å². The molecule has 2 aromatic carbocycles. The molecule has 3 aromatic rings. The Kier molecular flexibility index (Phi) is 5.33. The van der Waals surface area contributed by atoms with E-state index in [2.05, 4.69) is 10.3 Å². The predicted octanol–water partition coefficient (Wildman–Crippen LogP) is 4.69. The lowest BCUT2D eigenvalue weighted by Gasteiger charge is -2.14. The fraction of sp³-hybridized carbons (Fsp3) is 0.143. The number of primary amides is 1. The van der Waals surface area contributed by atoms with Crippen molar-refractivity contribution in [1.82, 2.24) is 4.98 Å². The van der Waals surface area contributed by atoms with Crippen LogP contribution >= 0.6 is 11.6 Å². The molecule has 27 heavy (non-hydrogen) atoms. The molecule has 5 nitrogen and oxygen atoms in total. The van der Waals surface area contributed by atoms with Gasteiger partial charge in [-0.15, -0.1) is 0 Å². The third-order valence-electron chi connectivity index (χ3n) is 4.00. The summed E-state index contributed by atoms with van der Waals surface area (Å²) in [5.74, 6) is -0.169. The molecule has 3 rings (SSSR count). The second-order valence-corrected chi connectivity index (χ2v) is 6.91. The molecule has 138 valence electrons. The molecule has 0 radical (unpaired) electrons.